The van der Waals surface area contributed by atoms with Gasteiger partial charge >= 0.3 is 0 Å². The molecule has 0 saturated carbocycles. The highest BCUT2D eigenvalue weighted by atomic mass is 16.5. The minimum absolute atomic E-state index is 0.112. The van der Waals surface area contributed by atoms with Gasteiger partial charge in [-0.1, -0.05) is 35.9 Å². The summed E-state index contributed by atoms with van der Waals surface area (Å²) in [4.78, 5) is 2.05. The molecule has 0 amide bonds. The summed E-state index contributed by atoms with van der Waals surface area (Å²) in [5, 5.41) is 0. The fraction of sp³-hybridized carbons (Fsp3) is 0.294. The topological polar surface area (TPSA) is 38.5 Å². The molecule has 0 saturated heterocycles. The number of nitrogens with zero attached hydrogens (tertiary/aromatic N) is 1. The van der Waals surface area contributed by atoms with E-state index in [0.717, 1.165) is 17.0 Å². The van der Waals surface area contributed by atoms with Gasteiger partial charge in [0.25, 0.3) is 0 Å². The van der Waals surface area contributed by atoms with Gasteiger partial charge in [0.2, 0.25) is 0 Å². The van der Waals surface area contributed by atoms with Gasteiger partial charge in [0.1, 0.15) is 12.4 Å². The Labute approximate surface area is 121 Å². The molecule has 0 heterocycles. The van der Waals surface area contributed by atoms with Crippen molar-refractivity contribution in [3.63, 3.8) is 0 Å². The van der Waals surface area contributed by atoms with E-state index in [1.165, 1.54) is 5.56 Å². The maximum absolute atomic E-state index is 6.16. The molecule has 3 heteroatoms. The van der Waals surface area contributed by atoms with E-state index in [9.17, 15) is 0 Å². The molecule has 20 heavy (non-hydrogen) atoms. The predicted molar refractivity (Wildman–Crippen MR) is 84.4 cm³/mol. The van der Waals surface area contributed by atoms with Gasteiger partial charge in [-0.15, -0.1) is 0 Å². The van der Waals surface area contributed by atoms with E-state index in [1.807, 2.05) is 43.3 Å². The van der Waals surface area contributed by atoms with Gasteiger partial charge in [-0.05, 0) is 24.6 Å². The average molecular weight is 270 g/mol. The number of ether oxygens (including phenoxy) is 1. The molecule has 0 bridgehead atoms. The normalized spacial score (nSPS) is 12.0. The first-order valence-electron chi connectivity index (χ1n) is 6.78. The van der Waals surface area contributed by atoms with E-state index < -0.39 is 0 Å². The highest BCUT2D eigenvalue weighted by Gasteiger charge is 2.07. The van der Waals surface area contributed by atoms with Crippen LogP contribution in [0, 0.1) is 6.92 Å². The van der Waals surface area contributed by atoms with Crippen molar-refractivity contribution in [3.05, 3.63) is 59.7 Å². The van der Waals surface area contributed by atoms with Crippen molar-refractivity contribution in [1.29, 1.82) is 0 Å². The Morgan fingerprint density at radius 2 is 1.80 bits per heavy atom. The summed E-state index contributed by atoms with van der Waals surface area (Å²) in [5.41, 5.74) is 9.61. The van der Waals surface area contributed by atoms with Crippen molar-refractivity contribution in [1.82, 2.24) is 0 Å². The van der Waals surface area contributed by atoms with Crippen molar-refractivity contribution in [3.8, 4) is 5.75 Å². The maximum Gasteiger partial charge on any atom is 0.121 e. The van der Waals surface area contributed by atoms with Crippen LogP contribution in [-0.2, 0) is 0 Å². The molecule has 0 aliphatic carbocycles. The summed E-state index contributed by atoms with van der Waals surface area (Å²) >= 11 is 0. The SMILES string of the molecule is Cc1ccc(C(N)COc2cccc(N(C)C)c2)cc1. The second kappa shape index (κ2) is 6.44. The first-order chi connectivity index (χ1) is 9.56. The van der Waals surface area contributed by atoms with Gasteiger partial charge in [-0.3, -0.25) is 0 Å². The maximum atomic E-state index is 6.16. The summed E-state index contributed by atoms with van der Waals surface area (Å²) in [5.74, 6) is 0.846. The number of rotatable bonds is 5. The Balaban J connectivity index is 1.97. The van der Waals surface area contributed by atoms with Crippen LogP contribution < -0.4 is 15.4 Å². The number of nitrogens with two attached hydrogens (primary N) is 1. The van der Waals surface area contributed by atoms with E-state index in [2.05, 4.69) is 31.2 Å². The molecule has 0 aliphatic rings. The second-order valence-electron chi connectivity index (χ2n) is 5.22. The Morgan fingerprint density at radius 3 is 2.45 bits per heavy atom. The first-order valence-corrected chi connectivity index (χ1v) is 6.78. The molecule has 1 unspecified atom stereocenters. The molecule has 1 atom stereocenters. The molecule has 2 aromatic rings. The Bertz CT molecular complexity index is 549. The van der Waals surface area contributed by atoms with Crippen LogP contribution in [0.3, 0.4) is 0 Å². The fourth-order valence-corrected chi connectivity index (χ4v) is 1.95. The van der Waals surface area contributed by atoms with Crippen LogP contribution in [0.1, 0.15) is 17.2 Å². The molecule has 3 nitrogen and oxygen atoms in total. The molecule has 0 aliphatic heterocycles. The third-order valence-electron chi connectivity index (χ3n) is 3.27. The van der Waals surface area contributed by atoms with Crippen molar-refractivity contribution in [2.24, 2.45) is 5.73 Å². The van der Waals surface area contributed by atoms with Gasteiger partial charge < -0.3 is 15.4 Å². The molecule has 0 aromatic heterocycles. The van der Waals surface area contributed by atoms with E-state index in [0.29, 0.717) is 6.61 Å². The van der Waals surface area contributed by atoms with Crippen LogP contribution in [-0.4, -0.2) is 20.7 Å². The lowest BCUT2D eigenvalue weighted by atomic mass is 10.1. The molecule has 2 N–H and O–H groups in total. The van der Waals surface area contributed by atoms with Crippen molar-refractivity contribution in [2.45, 2.75) is 13.0 Å². The van der Waals surface area contributed by atoms with Crippen LogP contribution in [0.4, 0.5) is 5.69 Å². The van der Waals surface area contributed by atoms with Crippen LogP contribution in [0.2, 0.25) is 0 Å². The van der Waals surface area contributed by atoms with E-state index >= 15 is 0 Å². The summed E-state index contributed by atoms with van der Waals surface area (Å²) in [7, 11) is 4.02. The van der Waals surface area contributed by atoms with Crippen molar-refractivity contribution in [2.75, 3.05) is 25.6 Å². The second-order valence-corrected chi connectivity index (χ2v) is 5.22. The molecular weight excluding hydrogens is 248 g/mol. The molecule has 2 aromatic carbocycles. The monoisotopic (exact) mass is 270 g/mol. The first kappa shape index (κ1) is 14.4. The van der Waals surface area contributed by atoms with E-state index in [-0.39, 0.29) is 6.04 Å². The van der Waals surface area contributed by atoms with Gasteiger partial charge in [0.15, 0.2) is 0 Å². The van der Waals surface area contributed by atoms with E-state index in [1.54, 1.807) is 0 Å². The molecule has 0 radical (unpaired) electrons. The number of benzene rings is 2. The summed E-state index contributed by atoms with van der Waals surface area (Å²) < 4.78 is 5.79. The lowest BCUT2D eigenvalue weighted by Gasteiger charge is -2.16. The van der Waals surface area contributed by atoms with Gasteiger partial charge in [-0.2, -0.15) is 0 Å². The summed E-state index contributed by atoms with van der Waals surface area (Å²) in [6.45, 7) is 2.54. The minimum atomic E-state index is -0.112. The summed E-state index contributed by atoms with van der Waals surface area (Å²) in [6, 6.07) is 16.1. The quantitative estimate of drug-likeness (QED) is 0.907. The molecule has 2 rings (SSSR count). The number of hydrogen-bond acceptors (Lipinski definition) is 3. The Morgan fingerprint density at radius 1 is 1.10 bits per heavy atom. The largest absolute Gasteiger partial charge is 0.492 e. The zero-order valence-electron chi connectivity index (χ0n) is 12.3. The van der Waals surface area contributed by atoms with Gasteiger partial charge in [0, 0.05) is 25.8 Å². The predicted octanol–water partition coefficient (Wildman–Crippen LogP) is 3.14. The smallest absolute Gasteiger partial charge is 0.121 e. The average Bonchev–Trinajstić information content (AvgIpc) is 2.46. The number of hydrogen-bond donors (Lipinski definition) is 1. The minimum Gasteiger partial charge on any atom is -0.492 e. The molecular formula is C17H22N2O. The lowest BCUT2D eigenvalue weighted by molar-refractivity contribution is 0.291. The molecule has 106 valence electrons. The van der Waals surface area contributed by atoms with Crippen LogP contribution in [0.25, 0.3) is 0 Å². The third kappa shape index (κ3) is 3.75. The Hall–Kier alpha value is -2.00. The van der Waals surface area contributed by atoms with Gasteiger partial charge in [0.05, 0.1) is 6.04 Å². The zero-order chi connectivity index (χ0) is 14.5. The van der Waals surface area contributed by atoms with Crippen LogP contribution in [0.5, 0.6) is 5.75 Å². The van der Waals surface area contributed by atoms with Crippen molar-refractivity contribution < 1.29 is 4.74 Å². The number of anilines is 1. The highest BCUT2D eigenvalue weighted by molar-refractivity contribution is 5.49. The molecule has 0 fully saturated rings. The standard InChI is InChI=1S/C17H22N2O/c1-13-7-9-14(10-8-13)17(18)12-20-16-6-4-5-15(11-16)19(2)3/h4-11,17H,12,18H2,1-3H3. The zero-order valence-corrected chi connectivity index (χ0v) is 12.3. The van der Waals surface area contributed by atoms with Crippen molar-refractivity contribution >= 4 is 5.69 Å². The lowest BCUT2D eigenvalue weighted by Crippen LogP contribution is -2.19. The van der Waals surface area contributed by atoms with E-state index in [4.69, 9.17) is 10.5 Å². The Kier molecular flexibility index (Phi) is 4.64. The highest BCUT2D eigenvalue weighted by Crippen LogP contribution is 2.20. The van der Waals surface area contributed by atoms with Gasteiger partial charge in [-0.25, -0.2) is 0 Å². The number of aryl methyl sites for hydroxylation is 1. The fourth-order valence-electron chi connectivity index (χ4n) is 1.95. The van der Waals surface area contributed by atoms with Crippen LogP contribution in [0.15, 0.2) is 48.5 Å². The summed E-state index contributed by atoms with van der Waals surface area (Å²) in [6.07, 6.45) is 0. The molecule has 0 spiro atoms. The third-order valence-corrected chi connectivity index (χ3v) is 3.27. The van der Waals surface area contributed by atoms with Crippen LogP contribution >= 0.6 is 0 Å².